The molecule has 1 N–H and O–H groups in total. The molecular formula is C22H32N6O. The molecule has 3 heterocycles. The van der Waals surface area contributed by atoms with E-state index in [-0.39, 0.29) is 5.91 Å². The number of nitrogens with zero attached hydrogens (tertiary/aromatic N) is 5. The van der Waals surface area contributed by atoms with E-state index in [2.05, 4.69) is 51.7 Å². The number of aromatic nitrogens is 3. The molecule has 0 radical (unpaired) electrons. The highest BCUT2D eigenvalue weighted by Crippen LogP contribution is 2.13. The van der Waals surface area contributed by atoms with Gasteiger partial charge in [0.25, 0.3) is 5.91 Å². The quantitative estimate of drug-likeness (QED) is 0.810. The van der Waals surface area contributed by atoms with Crippen molar-refractivity contribution in [2.75, 3.05) is 32.7 Å². The van der Waals surface area contributed by atoms with Gasteiger partial charge in [0.05, 0.1) is 6.20 Å². The van der Waals surface area contributed by atoms with Gasteiger partial charge in [-0.25, -0.2) is 0 Å². The van der Waals surface area contributed by atoms with E-state index in [1.54, 1.807) is 0 Å². The van der Waals surface area contributed by atoms with Gasteiger partial charge in [0.2, 0.25) is 0 Å². The maximum Gasteiger partial charge on any atom is 0.276 e. The van der Waals surface area contributed by atoms with Gasteiger partial charge in [-0.2, -0.15) is 0 Å². The van der Waals surface area contributed by atoms with Gasteiger partial charge in [0, 0.05) is 45.3 Å². The zero-order valence-corrected chi connectivity index (χ0v) is 17.4. The van der Waals surface area contributed by atoms with E-state index in [1.165, 1.54) is 30.4 Å². The first-order valence-corrected chi connectivity index (χ1v) is 10.9. The highest BCUT2D eigenvalue weighted by Gasteiger charge is 2.24. The second-order valence-corrected chi connectivity index (χ2v) is 8.36. The standard InChI is InChI=1S/C22H32N6O/c1-18-5-4-6-19(15-18)16-26-11-13-27(14-12-26)22(29)21-17-28(25-24-21)10-8-20-7-2-3-9-23-20/h4-6,15,17,20,23H,2-3,7-14,16H2,1H3/t20-/m1/s1. The normalized spacial score (nSPS) is 20.7. The number of carbonyl (C=O) groups excluding carboxylic acids is 1. The van der Waals surface area contributed by atoms with Crippen molar-refractivity contribution in [1.29, 1.82) is 0 Å². The van der Waals surface area contributed by atoms with Crippen molar-refractivity contribution in [2.24, 2.45) is 0 Å². The minimum Gasteiger partial charge on any atom is -0.335 e. The van der Waals surface area contributed by atoms with Crippen LogP contribution in [0.3, 0.4) is 0 Å². The van der Waals surface area contributed by atoms with Crippen molar-refractivity contribution in [2.45, 2.75) is 51.7 Å². The van der Waals surface area contributed by atoms with Crippen LogP contribution in [-0.2, 0) is 13.1 Å². The van der Waals surface area contributed by atoms with Crippen LogP contribution in [0, 0.1) is 6.92 Å². The van der Waals surface area contributed by atoms with Crippen molar-refractivity contribution >= 4 is 5.91 Å². The SMILES string of the molecule is Cc1cccc(CN2CCN(C(=O)c3cn(CC[C@H]4CCCCN4)nn3)CC2)c1. The fourth-order valence-electron chi connectivity index (χ4n) is 4.30. The Balaban J connectivity index is 1.24. The predicted molar refractivity (Wildman–Crippen MR) is 113 cm³/mol. The summed E-state index contributed by atoms with van der Waals surface area (Å²) in [5, 5.41) is 11.9. The molecule has 0 unspecified atom stereocenters. The third-order valence-corrected chi connectivity index (χ3v) is 6.02. The molecule has 1 aromatic carbocycles. The Morgan fingerprint density at radius 2 is 2.07 bits per heavy atom. The lowest BCUT2D eigenvalue weighted by atomic mass is 10.0. The lowest BCUT2D eigenvalue weighted by Gasteiger charge is -2.34. The molecule has 0 saturated carbocycles. The first kappa shape index (κ1) is 20.0. The number of piperazine rings is 1. The average molecular weight is 397 g/mol. The molecule has 0 spiro atoms. The van der Waals surface area contributed by atoms with E-state index >= 15 is 0 Å². The molecule has 1 atom stereocenters. The lowest BCUT2D eigenvalue weighted by Crippen LogP contribution is -2.48. The van der Waals surface area contributed by atoms with Crippen LogP contribution in [-0.4, -0.2) is 69.5 Å². The molecule has 156 valence electrons. The second-order valence-electron chi connectivity index (χ2n) is 8.36. The van der Waals surface area contributed by atoms with Crippen LogP contribution in [0.2, 0.25) is 0 Å². The number of hydrogen-bond acceptors (Lipinski definition) is 5. The third-order valence-electron chi connectivity index (χ3n) is 6.02. The molecule has 4 rings (SSSR count). The van der Waals surface area contributed by atoms with Gasteiger partial charge in [-0.05, 0) is 38.3 Å². The van der Waals surface area contributed by atoms with Crippen LogP contribution in [0.1, 0.15) is 47.3 Å². The average Bonchev–Trinajstić information content (AvgIpc) is 3.22. The van der Waals surface area contributed by atoms with Gasteiger partial charge in [-0.3, -0.25) is 14.4 Å². The third kappa shape index (κ3) is 5.42. The Morgan fingerprint density at radius 3 is 2.83 bits per heavy atom. The summed E-state index contributed by atoms with van der Waals surface area (Å²) in [5.41, 5.74) is 3.09. The number of aryl methyl sites for hydroxylation is 2. The fraction of sp³-hybridized carbons (Fsp3) is 0.591. The molecule has 2 aromatic rings. The highest BCUT2D eigenvalue weighted by atomic mass is 16.2. The number of rotatable bonds is 6. The molecule has 2 aliphatic rings. The van der Waals surface area contributed by atoms with E-state index in [9.17, 15) is 4.79 Å². The van der Waals surface area contributed by atoms with Gasteiger partial charge >= 0.3 is 0 Å². The van der Waals surface area contributed by atoms with Gasteiger partial charge in [-0.1, -0.05) is 41.5 Å². The van der Waals surface area contributed by atoms with E-state index < -0.39 is 0 Å². The summed E-state index contributed by atoms with van der Waals surface area (Å²) in [7, 11) is 0. The first-order valence-electron chi connectivity index (χ1n) is 10.9. The molecular weight excluding hydrogens is 364 g/mol. The fourth-order valence-corrected chi connectivity index (χ4v) is 4.30. The summed E-state index contributed by atoms with van der Waals surface area (Å²) in [5.74, 6) is 0.00208. The van der Waals surface area contributed by atoms with Crippen molar-refractivity contribution < 1.29 is 4.79 Å². The van der Waals surface area contributed by atoms with Gasteiger partial charge in [0.1, 0.15) is 0 Å². The van der Waals surface area contributed by atoms with Crippen LogP contribution in [0.5, 0.6) is 0 Å². The maximum absolute atomic E-state index is 12.8. The highest BCUT2D eigenvalue weighted by molar-refractivity contribution is 5.92. The summed E-state index contributed by atoms with van der Waals surface area (Å²) in [6, 6.07) is 9.20. The number of amides is 1. The largest absolute Gasteiger partial charge is 0.335 e. The Labute approximate surface area is 173 Å². The molecule has 2 saturated heterocycles. The molecule has 2 aliphatic heterocycles. The van der Waals surface area contributed by atoms with Crippen LogP contribution in [0.4, 0.5) is 0 Å². The Bertz CT molecular complexity index is 805. The Hall–Kier alpha value is -2.25. The molecule has 7 nitrogen and oxygen atoms in total. The monoisotopic (exact) mass is 396 g/mol. The van der Waals surface area contributed by atoms with Crippen molar-refractivity contribution in [3.63, 3.8) is 0 Å². The van der Waals surface area contributed by atoms with E-state index in [0.29, 0.717) is 11.7 Å². The van der Waals surface area contributed by atoms with Crippen molar-refractivity contribution in [3.8, 4) is 0 Å². The summed E-state index contributed by atoms with van der Waals surface area (Å²) < 4.78 is 1.82. The summed E-state index contributed by atoms with van der Waals surface area (Å²) in [6.07, 6.45) is 6.65. The number of nitrogens with one attached hydrogen (secondary N) is 1. The van der Waals surface area contributed by atoms with E-state index in [1.807, 2.05) is 15.8 Å². The van der Waals surface area contributed by atoms with Crippen LogP contribution < -0.4 is 5.32 Å². The van der Waals surface area contributed by atoms with E-state index in [0.717, 1.165) is 52.2 Å². The minimum atomic E-state index is 0.00208. The molecule has 0 bridgehead atoms. The van der Waals surface area contributed by atoms with Crippen LogP contribution in [0.15, 0.2) is 30.5 Å². The zero-order chi connectivity index (χ0) is 20.1. The predicted octanol–water partition coefficient (Wildman–Crippen LogP) is 2.08. The zero-order valence-electron chi connectivity index (χ0n) is 17.4. The number of hydrogen-bond donors (Lipinski definition) is 1. The van der Waals surface area contributed by atoms with Crippen molar-refractivity contribution in [3.05, 3.63) is 47.3 Å². The lowest BCUT2D eigenvalue weighted by molar-refractivity contribution is 0.0622. The molecule has 2 fully saturated rings. The van der Waals surface area contributed by atoms with Gasteiger partial charge in [0.15, 0.2) is 5.69 Å². The number of piperidine rings is 1. The molecule has 29 heavy (non-hydrogen) atoms. The second kappa shape index (κ2) is 9.50. The summed E-state index contributed by atoms with van der Waals surface area (Å²) in [6.45, 7) is 8.24. The summed E-state index contributed by atoms with van der Waals surface area (Å²) in [4.78, 5) is 17.1. The van der Waals surface area contributed by atoms with Crippen molar-refractivity contribution in [1.82, 2.24) is 30.1 Å². The summed E-state index contributed by atoms with van der Waals surface area (Å²) >= 11 is 0. The first-order chi connectivity index (χ1) is 14.2. The van der Waals surface area contributed by atoms with Crippen LogP contribution >= 0.6 is 0 Å². The molecule has 1 amide bonds. The minimum absolute atomic E-state index is 0.00208. The smallest absolute Gasteiger partial charge is 0.276 e. The maximum atomic E-state index is 12.8. The Kier molecular flexibility index (Phi) is 6.56. The van der Waals surface area contributed by atoms with Gasteiger partial charge < -0.3 is 10.2 Å². The number of carbonyl (C=O) groups is 1. The van der Waals surface area contributed by atoms with Crippen LogP contribution in [0.25, 0.3) is 0 Å². The molecule has 0 aliphatic carbocycles. The molecule has 7 heteroatoms. The Morgan fingerprint density at radius 1 is 1.21 bits per heavy atom. The van der Waals surface area contributed by atoms with E-state index in [4.69, 9.17) is 0 Å². The number of benzene rings is 1. The topological polar surface area (TPSA) is 66.3 Å². The molecule has 1 aromatic heterocycles. The van der Waals surface area contributed by atoms with Gasteiger partial charge in [-0.15, -0.1) is 5.10 Å².